The molecule has 0 aliphatic heterocycles. The molecule has 1 heterocycles. The Morgan fingerprint density at radius 2 is 1.95 bits per heavy atom. The van der Waals surface area contributed by atoms with Gasteiger partial charge in [0.25, 0.3) is 5.56 Å². The highest BCUT2D eigenvalue weighted by molar-refractivity contribution is 6.34. The van der Waals surface area contributed by atoms with Gasteiger partial charge in [0.15, 0.2) is 0 Å². The van der Waals surface area contributed by atoms with Crippen LogP contribution in [0.4, 0.5) is 5.69 Å². The van der Waals surface area contributed by atoms with Crippen molar-refractivity contribution in [2.75, 3.05) is 5.32 Å². The molecule has 4 N–H and O–H groups in total. The van der Waals surface area contributed by atoms with Gasteiger partial charge in [-0.25, -0.2) is 0 Å². The lowest BCUT2D eigenvalue weighted by atomic mass is 9.91. The topological polar surface area (TPSA) is 70.9 Å². The molecule has 3 rings (SSSR count). The molecule has 21 heavy (non-hydrogen) atoms. The molecule has 1 fully saturated rings. The highest BCUT2D eigenvalue weighted by Gasteiger charge is 2.19. The minimum absolute atomic E-state index is 0. The molecular weight excluding hydrogens is 309 g/mol. The van der Waals surface area contributed by atoms with Gasteiger partial charge in [0.1, 0.15) is 0 Å². The van der Waals surface area contributed by atoms with Gasteiger partial charge in [-0.3, -0.25) is 4.79 Å². The van der Waals surface area contributed by atoms with E-state index in [1.54, 1.807) is 12.3 Å². The first-order chi connectivity index (χ1) is 9.63. The number of H-pyrrole nitrogens is 1. The number of nitrogens with one attached hydrogen (secondary N) is 2. The van der Waals surface area contributed by atoms with Crippen LogP contribution in [0.2, 0.25) is 5.02 Å². The van der Waals surface area contributed by atoms with Crippen molar-refractivity contribution < 1.29 is 0 Å². The summed E-state index contributed by atoms with van der Waals surface area (Å²) in [6.45, 7) is 0. The molecule has 0 radical (unpaired) electrons. The van der Waals surface area contributed by atoms with E-state index < -0.39 is 0 Å². The second kappa shape index (κ2) is 6.69. The number of benzene rings is 1. The third-order valence-corrected chi connectivity index (χ3v) is 4.31. The quantitative estimate of drug-likeness (QED) is 0.792. The molecule has 0 bridgehead atoms. The van der Waals surface area contributed by atoms with E-state index in [-0.39, 0.29) is 18.0 Å². The van der Waals surface area contributed by atoms with Crippen LogP contribution in [0.25, 0.3) is 10.8 Å². The normalized spacial score (nSPS) is 21.8. The Hall–Kier alpha value is -1.23. The summed E-state index contributed by atoms with van der Waals surface area (Å²) in [7, 11) is 0. The maximum Gasteiger partial charge on any atom is 0.255 e. The van der Waals surface area contributed by atoms with Crippen molar-refractivity contribution in [1.29, 1.82) is 0 Å². The van der Waals surface area contributed by atoms with Gasteiger partial charge in [-0.05, 0) is 49.3 Å². The zero-order chi connectivity index (χ0) is 14.1. The Morgan fingerprint density at radius 1 is 1.24 bits per heavy atom. The number of hydrogen-bond donors (Lipinski definition) is 3. The van der Waals surface area contributed by atoms with Crippen LogP contribution in [-0.2, 0) is 0 Å². The Morgan fingerprint density at radius 3 is 2.67 bits per heavy atom. The van der Waals surface area contributed by atoms with Crippen molar-refractivity contribution in [3.8, 4) is 0 Å². The van der Waals surface area contributed by atoms with E-state index in [1.807, 2.05) is 12.1 Å². The minimum Gasteiger partial charge on any atom is -0.381 e. The van der Waals surface area contributed by atoms with Gasteiger partial charge in [0.2, 0.25) is 0 Å². The first kappa shape index (κ1) is 16.1. The van der Waals surface area contributed by atoms with Crippen molar-refractivity contribution in [2.45, 2.75) is 37.8 Å². The number of rotatable bonds is 2. The molecule has 0 amide bonds. The van der Waals surface area contributed by atoms with Crippen LogP contribution in [-0.4, -0.2) is 17.1 Å². The lowest BCUT2D eigenvalue weighted by Crippen LogP contribution is -2.32. The summed E-state index contributed by atoms with van der Waals surface area (Å²) in [5.41, 5.74) is 6.70. The molecule has 1 aromatic carbocycles. The van der Waals surface area contributed by atoms with Gasteiger partial charge in [-0.15, -0.1) is 12.4 Å². The van der Waals surface area contributed by atoms with Crippen molar-refractivity contribution in [3.63, 3.8) is 0 Å². The standard InChI is InChI=1S/C15H18ClN3O.ClH/c16-13-8-12-9(5-6-18-15(12)20)7-14(13)19-11-3-1-10(17)2-4-11;/h5-8,10-11,19H,1-4,17H2,(H,18,20);1H. The summed E-state index contributed by atoms with van der Waals surface area (Å²) in [6, 6.07) is 6.30. The first-order valence-corrected chi connectivity index (χ1v) is 7.34. The zero-order valence-corrected chi connectivity index (χ0v) is 13.1. The minimum atomic E-state index is -0.111. The van der Waals surface area contributed by atoms with Gasteiger partial charge in [0.05, 0.1) is 10.7 Å². The fourth-order valence-corrected chi connectivity index (χ4v) is 3.02. The number of aromatic amines is 1. The van der Waals surface area contributed by atoms with Crippen molar-refractivity contribution in [1.82, 2.24) is 4.98 Å². The van der Waals surface area contributed by atoms with E-state index in [9.17, 15) is 4.79 Å². The molecule has 0 spiro atoms. The number of fused-ring (bicyclic) bond motifs is 1. The summed E-state index contributed by atoms with van der Waals surface area (Å²) in [4.78, 5) is 14.4. The molecule has 4 nitrogen and oxygen atoms in total. The molecular formula is C15H19Cl2N3O. The molecule has 114 valence electrons. The van der Waals surface area contributed by atoms with E-state index in [4.69, 9.17) is 17.3 Å². The van der Waals surface area contributed by atoms with Crippen molar-refractivity contribution in [2.24, 2.45) is 5.73 Å². The first-order valence-electron chi connectivity index (χ1n) is 6.96. The van der Waals surface area contributed by atoms with Gasteiger partial charge < -0.3 is 16.0 Å². The number of anilines is 1. The number of aromatic nitrogens is 1. The van der Waals surface area contributed by atoms with Gasteiger partial charge in [-0.2, -0.15) is 0 Å². The molecule has 0 unspecified atom stereocenters. The lowest BCUT2D eigenvalue weighted by molar-refractivity contribution is 0.411. The van der Waals surface area contributed by atoms with E-state index in [2.05, 4.69) is 10.3 Å². The summed E-state index contributed by atoms with van der Waals surface area (Å²) < 4.78 is 0. The van der Waals surface area contributed by atoms with E-state index in [0.717, 1.165) is 36.8 Å². The maximum absolute atomic E-state index is 11.7. The Labute approximate surface area is 134 Å². The summed E-state index contributed by atoms with van der Waals surface area (Å²) in [5, 5.41) is 5.58. The van der Waals surface area contributed by atoms with E-state index >= 15 is 0 Å². The molecule has 1 aliphatic rings. The lowest BCUT2D eigenvalue weighted by Gasteiger charge is -2.28. The van der Waals surface area contributed by atoms with Crippen molar-refractivity contribution >= 4 is 40.5 Å². The Balaban J connectivity index is 0.00000161. The molecule has 1 aliphatic carbocycles. The van der Waals surface area contributed by atoms with Crippen LogP contribution in [0.1, 0.15) is 25.7 Å². The molecule has 2 aromatic rings. The largest absolute Gasteiger partial charge is 0.381 e. The van der Waals surface area contributed by atoms with E-state index in [0.29, 0.717) is 22.5 Å². The molecule has 6 heteroatoms. The Bertz CT molecular complexity index is 678. The third-order valence-electron chi connectivity index (χ3n) is 3.99. The fraction of sp³-hybridized carbons (Fsp3) is 0.400. The van der Waals surface area contributed by atoms with Crippen LogP contribution in [0.3, 0.4) is 0 Å². The molecule has 1 saturated carbocycles. The summed E-state index contributed by atoms with van der Waals surface area (Å²) in [5.74, 6) is 0. The van der Waals surface area contributed by atoms with Crippen LogP contribution >= 0.6 is 24.0 Å². The zero-order valence-electron chi connectivity index (χ0n) is 11.6. The summed E-state index contributed by atoms with van der Waals surface area (Å²) >= 11 is 6.28. The predicted molar refractivity (Wildman–Crippen MR) is 90.7 cm³/mol. The monoisotopic (exact) mass is 327 g/mol. The maximum atomic E-state index is 11.7. The van der Waals surface area contributed by atoms with Crippen molar-refractivity contribution in [3.05, 3.63) is 39.8 Å². The van der Waals surface area contributed by atoms with Gasteiger partial charge >= 0.3 is 0 Å². The van der Waals surface area contributed by atoms with Crippen LogP contribution in [0, 0.1) is 0 Å². The summed E-state index contributed by atoms with van der Waals surface area (Å²) in [6.07, 6.45) is 5.86. The highest BCUT2D eigenvalue weighted by atomic mass is 35.5. The third kappa shape index (κ3) is 3.51. The fourth-order valence-electron chi connectivity index (χ4n) is 2.80. The Kier molecular flexibility index (Phi) is 5.14. The van der Waals surface area contributed by atoms with Crippen LogP contribution in [0.5, 0.6) is 0 Å². The average molecular weight is 328 g/mol. The molecule has 0 saturated heterocycles. The number of nitrogens with two attached hydrogens (primary N) is 1. The molecule has 1 aromatic heterocycles. The second-order valence-corrected chi connectivity index (χ2v) is 5.89. The predicted octanol–water partition coefficient (Wildman–Crippen LogP) is 3.29. The highest BCUT2D eigenvalue weighted by Crippen LogP contribution is 2.29. The second-order valence-electron chi connectivity index (χ2n) is 5.48. The van der Waals surface area contributed by atoms with Crippen LogP contribution in [0.15, 0.2) is 29.2 Å². The SMILES string of the molecule is Cl.NC1CCC(Nc2cc3cc[nH]c(=O)c3cc2Cl)CC1. The number of halogens is 2. The number of pyridine rings is 1. The van der Waals surface area contributed by atoms with Gasteiger partial charge in [0, 0.05) is 23.7 Å². The molecule has 0 atom stereocenters. The van der Waals surface area contributed by atoms with Crippen LogP contribution < -0.4 is 16.6 Å². The smallest absolute Gasteiger partial charge is 0.255 e. The van der Waals surface area contributed by atoms with E-state index in [1.165, 1.54) is 0 Å². The average Bonchev–Trinajstić information content (AvgIpc) is 2.43. The van der Waals surface area contributed by atoms with Gasteiger partial charge in [-0.1, -0.05) is 11.6 Å². The number of hydrogen-bond acceptors (Lipinski definition) is 3.